The minimum atomic E-state index is -0.966. The van der Waals surface area contributed by atoms with Crippen molar-refractivity contribution < 1.29 is 14.7 Å². The molecule has 1 aliphatic heterocycles. The molecule has 1 aliphatic rings. The SMILES string of the molecule is CC(C)[C@H](NC(=O)C1CCCCN1C)C(=O)O. The summed E-state index contributed by atoms with van der Waals surface area (Å²) in [6, 6.07) is -0.970. The van der Waals surface area contributed by atoms with Crippen molar-refractivity contribution in [2.24, 2.45) is 5.92 Å². The van der Waals surface area contributed by atoms with Crippen LogP contribution in [0.15, 0.2) is 0 Å². The van der Waals surface area contributed by atoms with Gasteiger partial charge in [0.15, 0.2) is 0 Å². The fourth-order valence-corrected chi connectivity index (χ4v) is 2.17. The molecule has 0 spiro atoms. The van der Waals surface area contributed by atoms with Crippen molar-refractivity contribution in [3.05, 3.63) is 0 Å². The largest absolute Gasteiger partial charge is 0.480 e. The zero-order valence-corrected chi connectivity index (χ0v) is 10.8. The van der Waals surface area contributed by atoms with Gasteiger partial charge in [0.25, 0.3) is 0 Å². The van der Waals surface area contributed by atoms with Gasteiger partial charge in [-0.15, -0.1) is 0 Å². The maximum absolute atomic E-state index is 12.0. The molecule has 0 saturated carbocycles. The Morgan fingerprint density at radius 2 is 2.00 bits per heavy atom. The Kier molecular flexibility index (Phi) is 4.93. The number of piperidine rings is 1. The molecule has 17 heavy (non-hydrogen) atoms. The fraction of sp³-hybridized carbons (Fsp3) is 0.833. The summed E-state index contributed by atoms with van der Waals surface area (Å²) in [4.78, 5) is 25.0. The second-order valence-corrected chi connectivity index (χ2v) is 5.06. The molecule has 0 radical (unpaired) electrons. The van der Waals surface area contributed by atoms with Gasteiger partial charge in [0.2, 0.25) is 5.91 Å². The lowest BCUT2D eigenvalue weighted by atomic mass is 10.00. The number of amides is 1. The molecule has 0 aliphatic carbocycles. The van der Waals surface area contributed by atoms with Crippen LogP contribution in [0.3, 0.4) is 0 Å². The Labute approximate surface area is 102 Å². The van der Waals surface area contributed by atoms with Gasteiger partial charge < -0.3 is 10.4 Å². The summed E-state index contributed by atoms with van der Waals surface area (Å²) < 4.78 is 0. The highest BCUT2D eigenvalue weighted by atomic mass is 16.4. The number of rotatable bonds is 4. The van der Waals surface area contributed by atoms with Crippen molar-refractivity contribution in [1.82, 2.24) is 10.2 Å². The molecule has 2 N–H and O–H groups in total. The highest BCUT2D eigenvalue weighted by molar-refractivity contribution is 5.87. The third kappa shape index (κ3) is 3.70. The third-order valence-corrected chi connectivity index (χ3v) is 3.30. The Bertz CT molecular complexity index is 291. The smallest absolute Gasteiger partial charge is 0.326 e. The van der Waals surface area contributed by atoms with E-state index in [-0.39, 0.29) is 17.9 Å². The van der Waals surface area contributed by atoms with Crippen LogP contribution in [0.2, 0.25) is 0 Å². The second kappa shape index (κ2) is 6.00. The Morgan fingerprint density at radius 1 is 1.35 bits per heavy atom. The van der Waals surface area contributed by atoms with Crippen LogP contribution in [0, 0.1) is 5.92 Å². The first kappa shape index (κ1) is 14.0. The molecule has 1 unspecified atom stereocenters. The molecular formula is C12H22N2O3. The van der Waals surface area contributed by atoms with Crippen molar-refractivity contribution in [2.45, 2.75) is 45.2 Å². The molecule has 1 rings (SSSR count). The number of carbonyl (C=O) groups excluding carboxylic acids is 1. The first-order valence-corrected chi connectivity index (χ1v) is 6.17. The number of nitrogens with one attached hydrogen (secondary N) is 1. The standard InChI is InChI=1S/C12H22N2O3/c1-8(2)10(12(16)17)13-11(15)9-6-4-5-7-14(9)3/h8-10H,4-7H2,1-3H3,(H,13,15)(H,16,17)/t9?,10-/m0/s1. The first-order chi connectivity index (χ1) is 7.93. The monoisotopic (exact) mass is 242 g/mol. The number of carboxylic acid groups (broad SMARTS) is 1. The lowest BCUT2D eigenvalue weighted by Crippen LogP contribution is -2.53. The van der Waals surface area contributed by atoms with Gasteiger partial charge in [0.05, 0.1) is 6.04 Å². The van der Waals surface area contributed by atoms with Gasteiger partial charge >= 0.3 is 5.97 Å². The van der Waals surface area contributed by atoms with Gasteiger partial charge in [-0.05, 0) is 32.4 Å². The summed E-state index contributed by atoms with van der Waals surface area (Å²) in [5, 5.41) is 11.7. The minimum absolute atomic E-state index is 0.106. The summed E-state index contributed by atoms with van der Waals surface area (Å²) in [5.41, 5.74) is 0. The quantitative estimate of drug-likeness (QED) is 0.761. The highest BCUT2D eigenvalue weighted by Gasteiger charge is 2.30. The van der Waals surface area contributed by atoms with E-state index in [2.05, 4.69) is 5.32 Å². The molecule has 0 bridgehead atoms. The van der Waals surface area contributed by atoms with Gasteiger partial charge in [-0.3, -0.25) is 9.69 Å². The molecule has 5 nitrogen and oxygen atoms in total. The number of nitrogens with zero attached hydrogens (tertiary/aromatic N) is 1. The van der Waals surface area contributed by atoms with Crippen LogP contribution in [-0.4, -0.2) is 47.6 Å². The lowest BCUT2D eigenvalue weighted by Gasteiger charge is -2.32. The number of hydrogen-bond acceptors (Lipinski definition) is 3. The average Bonchev–Trinajstić information content (AvgIpc) is 2.25. The van der Waals surface area contributed by atoms with Gasteiger partial charge in [0.1, 0.15) is 6.04 Å². The zero-order valence-electron chi connectivity index (χ0n) is 10.8. The van der Waals surface area contributed by atoms with Crippen molar-refractivity contribution in [2.75, 3.05) is 13.6 Å². The third-order valence-electron chi connectivity index (χ3n) is 3.30. The van der Waals surface area contributed by atoms with E-state index in [1.807, 2.05) is 11.9 Å². The predicted molar refractivity (Wildman–Crippen MR) is 64.7 cm³/mol. The van der Waals surface area contributed by atoms with E-state index in [9.17, 15) is 9.59 Å². The molecule has 98 valence electrons. The maximum Gasteiger partial charge on any atom is 0.326 e. The number of carboxylic acids is 1. The molecular weight excluding hydrogens is 220 g/mol. The van der Waals surface area contributed by atoms with Gasteiger partial charge in [0, 0.05) is 0 Å². The van der Waals surface area contributed by atoms with Crippen LogP contribution in [0.5, 0.6) is 0 Å². The van der Waals surface area contributed by atoms with Crippen molar-refractivity contribution >= 4 is 11.9 Å². The van der Waals surface area contributed by atoms with E-state index >= 15 is 0 Å². The van der Waals surface area contributed by atoms with Crippen molar-refractivity contribution in [3.8, 4) is 0 Å². The van der Waals surface area contributed by atoms with E-state index in [0.717, 1.165) is 25.8 Å². The van der Waals surface area contributed by atoms with Crippen LogP contribution in [0.4, 0.5) is 0 Å². The van der Waals surface area contributed by atoms with Gasteiger partial charge in [-0.2, -0.15) is 0 Å². The van der Waals surface area contributed by atoms with E-state index in [4.69, 9.17) is 5.11 Å². The number of likely N-dealkylation sites (N-methyl/N-ethyl adjacent to an activating group) is 1. The molecule has 0 aromatic heterocycles. The van der Waals surface area contributed by atoms with E-state index in [0.29, 0.717) is 0 Å². The normalized spacial score (nSPS) is 23.4. The van der Waals surface area contributed by atoms with Crippen LogP contribution in [0.25, 0.3) is 0 Å². The molecule has 1 fully saturated rings. The zero-order chi connectivity index (χ0) is 13.0. The maximum atomic E-state index is 12.0. The molecule has 1 saturated heterocycles. The highest BCUT2D eigenvalue weighted by Crippen LogP contribution is 2.15. The lowest BCUT2D eigenvalue weighted by molar-refractivity contribution is -0.144. The molecule has 0 aromatic carbocycles. The summed E-state index contributed by atoms with van der Waals surface area (Å²) in [5.74, 6) is -1.23. The van der Waals surface area contributed by atoms with Crippen LogP contribution in [0.1, 0.15) is 33.1 Å². The Hall–Kier alpha value is -1.10. The summed E-state index contributed by atoms with van der Waals surface area (Å²) in [6.45, 7) is 4.49. The fourth-order valence-electron chi connectivity index (χ4n) is 2.17. The second-order valence-electron chi connectivity index (χ2n) is 5.06. The molecule has 0 aromatic rings. The average molecular weight is 242 g/mol. The van der Waals surface area contributed by atoms with E-state index in [1.165, 1.54) is 0 Å². The molecule has 1 heterocycles. The summed E-state index contributed by atoms with van der Waals surface area (Å²) in [6.07, 6.45) is 2.95. The van der Waals surface area contributed by atoms with Crippen molar-refractivity contribution in [3.63, 3.8) is 0 Å². The van der Waals surface area contributed by atoms with Crippen LogP contribution < -0.4 is 5.32 Å². The molecule has 2 atom stereocenters. The summed E-state index contributed by atoms with van der Waals surface area (Å²) >= 11 is 0. The van der Waals surface area contributed by atoms with Crippen LogP contribution >= 0.6 is 0 Å². The number of carbonyl (C=O) groups is 2. The topological polar surface area (TPSA) is 69.6 Å². The van der Waals surface area contributed by atoms with E-state index in [1.54, 1.807) is 13.8 Å². The van der Waals surface area contributed by atoms with Crippen molar-refractivity contribution in [1.29, 1.82) is 0 Å². The number of hydrogen-bond donors (Lipinski definition) is 2. The Morgan fingerprint density at radius 3 is 2.47 bits per heavy atom. The predicted octanol–water partition coefficient (Wildman–Crippen LogP) is 0.696. The van der Waals surface area contributed by atoms with Gasteiger partial charge in [-0.1, -0.05) is 20.3 Å². The Balaban J connectivity index is 2.60. The number of likely N-dealkylation sites (tertiary alicyclic amines) is 1. The van der Waals surface area contributed by atoms with Gasteiger partial charge in [-0.25, -0.2) is 4.79 Å². The summed E-state index contributed by atoms with van der Waals surface area (Å²) in [7, 11) is 1.91. The number of aliphatic carboxylic acids is 1. The van der Waals surface area contributed by atoms with E-state index < -0.39 is 12.0 Å². The van der Waals surface area contributed by atoms with Crippen LogP contribution in [-0.2, 0) is 9.59 Å². The minimum Gasteiger partial charge on any atom is -0.480 e. The molecule has 5 heteroatoms. The molecule has 1 amide bonds. The first-order valence-electron chi connectivity index (χ1n) is 6.17.